The molecule has 152 valence electrons. The maximum absolute atomic E-state index is 13.4. The molecule has 0 aliphatic rings. The summed E-state index contributed by atoms with van der Waals surface area (Å²) in [4.78, 5) is 18.5. The van der Waals surface area contributed by atoms with Gasteiger partial charge in [0, 0.05) is 29.0 Å². The van der Waals surface area contributed by atoms with E-state index in [1.807, 2.05) is 24.3 Å². The molecule has 0 saturated heterocycles. The molecule has 0 saturated carbocycles. The number of hydrogen-bond donors (Lipinski definition) is 2. The number of amides is 1. The molecule has 1 amide bonds. The lowest BCUT2D eigenvalue weighted by atomic mass is 10.1. The van der Waals surface area contributed by atoms with Gasteiger partial charge in [-0.2, -0.15) is 5.26 Å². The molecule has 2 aromatic carbocycles. The van der Waals surface area contributed by atoms with Crippen LogP contribution in [0.4, 0.5) is 15.8 Å². The molecule has 0 aliphatic carbocycles. The zero-order valence-electron chi connectivity index (χ0n) is 16.4. The van der Waals surface area contributed by atoms with Gasteiger partial charge in [-0.3, -0.25) is 14.7 Å². The Balaban J connectivity index is 1.80. The van der Waals surface area contributed by atoms with E-state index in [0.717, 1.165) is 10.9 Å². The summed E-state index contributed by atoms with van der Waals surface area (Å²) in [6, 6.07) is 15.3. The number of halogens is 2. The molecule has 0 bridgehead atoms. The fourth-order valence-electron chi connectivity index (χ4n) is 2.87. The van der Waals surface area contributed by atoms with Gasteiger partial charge in [0.15, 0.2) is 0 Å². The second-order valence-corrected chi connectivity index (χ2v) is 7.16. The Bertz CT molecular complexity index is 1160. The van der Waals surface area contributed by atoms with Crippen LogP contribution in [0.15, 0.2) is 66.4 Å². The number of carbonyl (C=O) groups excluding carboxylic acids is 1. The Morgan fingerprint density at radius 3 is 2.70 bits per heavy atom. The topological polar surface area (TPSA) is 81.0 Å². The van der Waals surface area contributed by atoms with E-state index in [2.05, 4.69) is 21.7 Å². The third kappa shape index (κ3) is 5.11. The number of nitriles is 1. The first-order valence-corrected chi connectivity index (χ1v) is 9.40. The largest absolute Gasteiger partial charge is 0.365 e. The van der Waals surface area contributed by atoms with Gasteiger partial charge in [0.25, 0.3) is 0 Å². The van der Waals surface area contributed by atoms with Gasteiger partial charge in [-0.1, -0.05) is 17.7 Å². The minimum absolute atomic E-state index is 0.0384. The molecule has 0 fully saturated rings. The Morgan fingerprint density at radius 1 is 1.23 bits per heavy atom. The summed E-state index contributed by atoms with van der Waals surface area (Å²) in [5, 5.41) is 16.3. The minimum Gasteiger partial charge on any atom is -0.365 e. The number of hydrogen-bond acceptors (Lipinski definition) is 5. The van der Waals surface area contributed by atoms with Gasteiger partial charge < -0.3 is 10.6 Å². The van der Waals surface area contributed by atoms with Gasteiger partial charge in [0.05, 0.1) is 22.2 Å². The van der Waals surface area contributed by atoms with Crippen LogP contribution in [0.1, 0.15) is 0 Å². The number of nitrogens with zero attached hydrogens (tertiary/aromatic N) is 3. The number of benzene rings is 2. The fraction of sp³-hybridized carbons (Fsp3) is 0.136. The monoisotopic (exact) mass is 423 g/mol. The van der Waals surface area contributed by atoms with Crippen LogP contribution in [0.5, 0.6) is 0 Å². The summed E-state index contributed by atoms with van der Waals surface area (Å²) in [5.41, 5.74) is 2.11. The molecule has 1 aromatic heterocycles. The highest BCUT2D eigenvalue weighted by atomic mass is 35.5. The van der Waals surface area contributed by atoms with Gasteiger partial charge in [-0.05, 0) is 56.6 Å². The zero-order valence-corrected chi connectivity index (χ0v) is 17.1. The molecule has 8 heteroatoms. The van der Waals surface area contributed by atoms with E-state index in [-0.39, 0.29) is 10.6 Å². The summed E-state index contributed by atoms with van der Waals surface area (Å²) < 4.78 is 13.4. The summed E-state index contributed by atoms with van der Waals surface area (Å²) in [7, 11) is 3.50. The zero-order chi connectivity index (χ0) is 21.7. The normalized spacial score (nSPS) is 12.5. The molecule has 0 spiro atoms. The van der Waals surface area contributed by atoms with E-state index in [1.54, 1.807) is 31.3 Å². The van der Waals surface area contributed by atoms with Crippen molar-refractivity contribution in [3.05, 3.63) is 77.2 Å². The molecule has 2 N–H and O–H groups in total. The number of fused-ring (bicyclic) bond motifs is 1. The van der Waals surface area contributed by atoms with Crippen molar-refractivity contribution < 1.29 is 9.18 Å². The predicted molar refractivity (Wildman–Crippen MR) is 117 cm³/mol. The minimum atomic E-state index is -0.622. The summed E-state index contributed by atoms with van der Waals surface area (Å²) in [5.74, 6) is -0.981. The quantitative estimate of drug-likeness (QED) is 0.348. The van der Waals surface area contributed by atoms with Gasteiger partial charge in [0.1, 0.15) is 12.0 Å². The van der Waals surface area contributed by atoms with Crippen molar-refractivity contribution in [3.8, 4) is 6.07 Å². The van der Waals surface area contributed by atoms with Crippen molar-refractivity contribution in [2.75, 3.05) is 24.7 Å². The van der Waals surface area contributed by atoms with Crippen molar-refractivity contribution in [2.24, 2.45) is 0 Å². The summed E-state index contributed by atoms with van der Waals surface area (Å²) in [6.45, 7) is 0. The number of likely N-dealkylation sites (N-methyl/N-ethyl adjacent to an activating group) is 1. The second kappa shape index (κ2) is 9.35. The maximum Gasteiger partial charge on any atom is 0.249 e. The number of carbonyl (C=O) groups is 1. The van der Waals surface area contributed by atoms with Crippen molar-refractivity contribution in [3.63, 3.8) is 0 Å². The number of nitrogens with one attached hydrogen (secondary N) is 2. The number of pyridine rings is 1. The smallest absolute Gasteiger partial charge is 0.249 e. The molecule has 3 aromatic rings. The SMILES string of the molecule is CN(C)C(Nc1ccc(F)c(Cl)c1)C(C#N)=CC(=O)Nc1ccc2ncccc2c1. The Labute approximate surface area is 178 Å². The summed E-state index contributed by atoms with van der Waals surface area (Å²) in [6.07, 6.45) is 2.31. The first-order valence-electron chi connectivity index (χ1n) is 9.03. The first-order chi connectivity index (χ1) is 14.4. The van der Waals surface area contributed by atoms with E-state index in [4.69, 9.17) is 11.6 Å². The second-order valence-electron chi connectivity index (χ2n) is 6.75. The Morgan fingerprint density at radius 2 is 2.00 bits per heavy atom. The molecular formula is C22H19ClFN5O. The standard InChI is InChI=1S/C22H19ClFN5O/c1-29(2)22(28-17-5-7-19(24)18(23)12-17)15(13-25)11-21(30)27-16-6-8-20-14(10-16)4-3-9-26-20/h3-12,22,28H,1-2H3,(H,27,30). The molecule has 1 atom stereocenters. The van der Waals surface area contributed by atoms with Gasteiger partial charge in [-0.15, -0.1) is 0 Å². The number of anilines is 2. The third-order valence-corrected chi connectivity index (χ3v) is 4.61. The molecule has 0 radical (unpaired) electrons. The molecular weight excluding hydrogens is 405 g/mol. The molecule has 0 aliphatic heterocycles. The van der Waals surface area contributed by atoms with Crippen molar-refractivity contribution in [2.45, 2.75) is 6.17 Å². The predicted octanol–water partition coefficient (Wildman–Crippen LogP) is 4.42. The lowest BCUT2D eigenvalue weighted by Crippen LogP contribution is -2.37. The highest BCUT2D eigenvalue weighted by Crippen LogP contribution is 2.22. The first kappa shape index (κ1) is 21.2. The molecule has 1 unspecified atom stereocenters. The number of rotatable bonds is 6. The molecule has 30 heavy (non-hydrogen) atoms. The Hall–Kier alpha value is -3.47. The molecule has 3 rings (SSSR count). The van der Waals surface area contributed by atoms with Crippen LogP contribution in [0.25, 0.3) is 10.9 Å². The van der Waals surface area contributed by atoms with Gasteiger partial charge in [0.2, 0.25) is 5.91 Å². The number of aromatic nitrogens is 1. The fourth-order valence-corrected chi connectivity index (χ4v) is 3.05. The van der Waals surface area contributed by atoms with E-state index in [1.165, 1.54) is 24.3 Å². The van der Waals surface area contributed by atoms with Crippen LogP contribution < -0.4 is 10.6 Å². The van der Waals surface area contributed by atoms with Crippen LogP contribution in [-0.4, -0.2) is 36.1 Å². The lowest BCUT2D eigenvalue weighted by Gasteiger charge is -2.26. The third-order valence-electron chi connectivity index (χ3n) is 4.32. The van der Waals surface area contributed by atoms with Crippen LogP contribution in [-0.2, 0) is 4.79 Å². The van der Waals surface area contributed by atoms with Crippen LogP contribution in [0.2, 0.25) is 5.02 Å². The van der Waals surface area contributed by atoms with Crippen LogP contribution in [0.3, 0.4) is 0 Å². The van der Waals surface area contributed by atoms with Crippen molar-refractivity contribution >= 4 is 39.8 Å². The summed E-state index contributed by atoms with van der Waals surface area (Å²) >= 11 is 5.83. The molecule has 1 heterocycles. The van der Waals surface area contributed by atoms with E-state index < -0.39 is 17.9 Å². The van der Waals surface area contributed by atoms with Crippen LogP contribution >= 0.6 is 11.6 Å². The Kier molecular flexibility index (Phi) is 6.62. The van der Waals surface area contributed by atoms with E-state index in [9.17, 15) is 14.4 Å². The van der Waals surface area contributed by atoms with E-state index >= 15 is 0 Å². The molecule has 6 nitrogen and oxygen atoms in total. The maximum atomic E-state index is 13.4. The van der Waals surface area contributed by atoms with Crippen molar-refractivity contribution in [1.29, 1.82) is 5.26 Å². The lowest BCUT2D eigenvalue weighted by molar-refractivity contribution is -0.112. The average molecular weight is 424 g/mol. The highest BCUT2D eigenvalue weighted by Gasteiger charge is 2.19. The highest BCUT2D eigenvalue weighted by molar-refractivity contribution is 6.31. The van der Waals surface area contributed by atoms with E-state index in [0.29, 0.717) is 11.4 Å². The van der Waals surface area contributed by atoms with Crippen LogP contribution in [0, 0.1) is 17.1 Å². The van der Waals surface area contributed by atoms with Crippen molar-refractivity contribution in [1.82, 2.24) is 9.88 Å². The van der Waals surface area contributed by atoms with Gasteiger partial charge in [-0.25, -0.2) is 4.39 Å². The average Bonchev–Trinajstić information content (AvgIpc) is 2.72. The van der Waals surface area contributed by atoms with Gasteiger partial charge >= 0.3 is 0 Å².